The predicted molar refractivity (Wildman–Crippen MR) is 74.2 cm³/mol. The maximum absolute atomic E-state index is 13.1. The van der Waals surface area contributed by atoms with Crippen LogP contribution in [0.2, 0.25) is 0 Å². The third-order valence-corrected chi connectivity index (χ3v) is 3.45. The van der Waals surface area contributed by atoms with Crippen LogP contribution in [0.25, 0.3) is 0 Å². The van der Waals surface area contributed by atoms with Crippen molar-refractivity contribution >= 4 is 22.5 Å². The first-order valence-electron chi connectivity index (χ1n) is 5.97. The molecule has 112 valence electrons. The number of benzene rings is 1. The van der Waals surface area contributed by atoms with Gasteiger partial charge in [0, 0.05) is 5.38 Å². The SMILES string of the molecule is Cc1csc(NC(=O)NC(c2ccccc2)C(F)(F)F)n1. The summed E-state index contributed by atoms with van der Waals surface area (Å²) in [5, 5.41) is 6.15. The van der Waals surface area contributed by atoms with E-state index in [1.54, 1.807) is 18.4 Å². The van der Waals surface area contributed by atoms with Crippen LogP contribution in [-0.2, 0) is 0 Å². The van der Waals surface area contributed by atoms with Crippen molar-refractivity contribution in [3.05, 3.63) is 47.0 Å². The van der Waals surface area contributed by atoms with E-state index in [1.165, 1.54) is 24.3 Å². The molecule has 0 spiro atoms. The van der Waals surface area contributed by atoms with E-state index in [0.29, 0.717) is 5.69 Å². The Hall–Kier alpha value is -2.09. The van der Waals surface area contributed by atoms with Crippen molar-refractivity contribution in [3.63, 3.8) is 0 Å². The predicted octanol–water partition coefficient (Wildman–Crippen LogP) is 3.88. The number of carbonyl (C=O) groups excluding carboxylic acids is 1. The number of hydrogen-bond acceptors (Lipinski definition) is 3. The van der Waals surface area contributed by atoms with Gasteiger partial charge in [-0.3, -0.25) is 5.32 Å². The van der Waals surface area contributed by atoms with Crippen molar-refractivity contribution in [2.75, 3.05) is 5.32 Å². The van der Waals surface area contributed by atoms with Crippen LogP contribution in [0.3, 0.4) is 0 Å². The second-order valence-corrected chi connectivity index (χ2v) is 5.14. The monoisotopic (exact) mass is 315 g/mol. The molecule has 1 aromatic heterocycles. The number of alkyl halides is 3. The van der Waals surface area contributed by atoms with E-state index in [0.717, 1.165) is 11.3 Å². The molecule has 2 amide bonds. The van der Waals surface area contributed by atoms with Crippen LogP contribution in [0, 0.1) is 6.92 Å². The Kier molecular flexibility index (Phi) is 4.46. The number of thiazole rings is 1. The van der Waals surface area contributed by atoms with Crippen LogP contribution in [0.15, 0.2) is 35.7 Å². The molecule has 2 rings (SSSR count). The third kappa shape index (κ3) is 4.19. The average Bonchev–Trinajstić information content (AvgIpc) is 2.81. The fourth-order valence-electron chi connectivity index (χ4n) is 1.68. The summed E-state index contributed by atoms with van der Waals surface area (Å²) in [6.45, 7) is 1.72. The molecule has 0 bridgehead atoms. The lowest BCUT2D eigenvalue weighted by molar-refractivity contribution is -0.154. The standard InChI is InChI=1S/C13H12F3N3OS/c1-8-7-21-12(17-8)19-11(20)18-10(13(14,15)16)9-5-3-2-4-6-9/h2-7,10H,1H3,(H2,17,18,19,20). The minimum absolute atomic E-state index is 0.0320. The number of rotatable bonds is 3. The highest BCUT2D eigenvalue weighted by Crippen LogP contribution is 2.32. The number of amides is 2. The summed E-state index contributed by atoms with van der Waals surface area (Å²) in [5.74, 6) is 0. The normalized spacial score (nSPS) is 12.8. The Morgan fingerprint density at radius 1 is 1.29 bits per heavy atom. The van der Waals surface area contributed by atoms with E-state index in [1.807, 2.05) is 5.32 Å². The molecule has 2 aromatic rings. The Bertz CT molecular complexity index is 613. The summed E-state index contributed by atoms with van der Waals surface area (Å²) in [6, 6.07) is 4.18. The highest BCUT2D eigenvalue weighted by Gasteiger charge is 2.41. The first kappa shape index (κ1) is 15.3. The van der Waals surface area contributed by atoms with Gasteiger partial charge in [0.2, 0.25) is 0 Å². The molecule has 1 aromatic carbocycles. The van der Waals surface area contributed by atoms with E-state index >= 15 is 0 Å². The molecule has 0 aliphatic carbocycles. The summed E-state index contributed by atoms with van der Waals surface area (Å²) in [4.78, 5) is 15.7. The zero-order valence-corrected chi connectivity index (χ0v) is 11.8. The number of anilines is 1. The van der Waals surface area contributed by atoms with E-state index in [4.69, 9.17) is 0 Å². The first-order valence-corrected chi connectivity index (χ1v) is 6.85. The van der Waals surface area contributed by atoms with Crippen molar-refractivity contribution in [2.45, 2.75) is 19.1 Å². The molecule has 8 heteroatoms. The molecule has 0 aliphatic heterocycles. The van der Waals surface area contributed by atoms with Crippen LogP contribution < -0.4 is 10.6 Å². The molecular weight excluding hydrogens is 303 g/mol. The third-order valence-electron chi connectivity index (χ3n) is 2.58. The van der Waals surface area contributed by atoms with Gasteiger partial charge in [-0.25, -0.2) is 9.78 Å². The second-order valence-electron chi connectivity index (χ2n) is 4.28. The number of nitrogens with one attached hydrogen (secondary N) is 2. The summed E-state index contributed by atoms with van der Waals surface area (Å²) in [7, 11) is 0. The van der Waals surface area contributed by atoms with Gasteiger partial charge in [0.15, 0.2) is 11.2 Å². The van der Waals surface area contributed by atoms with E-state index in [-0.39, 0.29) is 10.7 Å². The van der Waals surface area contributed by atoms with Crippen LogP contribution in [0.1, 0.15) is 17.3 Å². The number of urea groups is 1. The molecule has 1 heterocycles. The number of halogens is 3. The maximum atomic E-state index is 13.1. The van der Waals surface area contributed by atoms with Gasteiger partial charge in [0.05, 0.1) is 5.69 Å². The van der Waals surface area contributed by atoms with Gasteiger partial charge >= 0.3 is 12.2 Å². The second kappa shape index (κ2) is 6.13. The zero-order valence-electron chi connectivity index (χ0n) is 10.9. The fraction of sp³-hybridized carbons (Fsp3) is 0.231. The van der Waals surface area contributed by atoms with Crippen molar-refractivity contribution in [3.8, 4) is 0 Å². The smallest absolute Gasteiger partial charge is 0.322 e. The van der Waals surface area contributed by atoms with Crippen molar-refractivity contribution in [1.29, 1.82) is 0 Å². The molecule has 1 unspecified atom stereocenters. The van der Waals surface area contributed by atoms with Gasteiger partial charge in [0.1, 0.15) is 0 Å². The van der Waals surface area contributed by atoms with E-state index in [2.05, 4.69) is 10.3 Å². The number of nitrogens with zero attached hydrogens (tertiary/aromatic N) is 1. The fourth-order valence-corrected chi connectivity index (χ4v) is 2.36. The molecule has 0 fully saturated rings. The van der Waals surface area contributed by atoms with E-state index in [9.17, 15) is 18.0 Å². The minimum atomic E-state index is -4.59. The van der Waals surface area contributed by atoms with E-state index < -0.39 is 18.2 Å². The number of aromatic nitrogens is 1. The van der Waals surface area contributed by atoms with Crippen molar-refractivity contribution in [1.82, 2.24) is 10.3 Å². The molecular formula is C13H12F3N3OS. The molecule has 0 saturated heterocycles. The zero-order chi connectivity index (χ0) is 15.5. The van der Waals surface area contributed by atoms with Crippen LogP contribution in [0.5, 0.6) is 0 Å². The topological polar surface area (TPSA) is 54.0 Å². The summed E-state index contributed by atoms with van der Waals surface area (Å²) in [6.07, 6.45) is -4.59. The highest BCUT2D eigenvalue weighted by atomic mass is 32.1. The minimum Gasteiger partial charge on any atom is -0.322 e. The van der Waals surface area contributed by atoms with Gasteiger partial charge < -0.3 is 5.32 Å². The lowest BCUT2D eigenvalue weighted by Crippen LogP contribution is -2.40. The lowest BCUT2D eigenvalue weighted by atomic mass is 10.1. The molecule has 21 heavy (non-hydrogen) atoms. The van der Waals surface area contributed by atoms with Crippen LogP contribution in [0.4, 0.5) is 23.1 Å². The van der Waals surface area contributed by atoms with Crippen LogP contribution >= 0.6 is 11.3 Å². The molecule has 0 radical (unpaired) electrons. The molecule has 4 nitrogen and oxygen atoms in total. The molecule has 0 saturated carbocycles. The highest BCUT2D eigenvalue weighted by molar-refractivity contribution is 7.13. The van der Waals surface area contributed by atoms with Crippen LogP contribution in [-0.4, -0.2) is 17.2 Å². The number of aryl methyl sites for hydroxylation is 1. The first-order chi connectivity index (χ1) is 9.86. The Labute approximate surface area is 123 Å². The molecule has 1 atom stereocenters. The van der Waals surface area contributed by atoms with Gasteiger partial charge in [0.25, 0.3) is 0 Å². The lowest BCUT2D eigenvalue weighted by Gasteiger charge is -2.21. The molecule has 2 N–H and O–H groups in total. The summed E-state index contributed by atoms with van der Waals surface area (Å²) < 4.78 is 39.2. The van der Waals surface area contributed by atoms with Gasteiger partial charge in [-0.1, -0.05) is 30.3 Å². The quantitative estimate of drug-likeness (QED) is 0.903. The Morgan fingerprint density at radius 3 is 2.48 bits per heavy atom. The van der Waals surface area contributed by atoms with Gasteiger partial charge in [-0.05, 0) is 12.5 Å². The van der Waals surface area contributed by atoms with Crippen molar-refractivity contribution < 1.29 is 18.0 Å². The number of hydrogen-bond donors (Lipinski definition) is 2. The maximum Gasteiger partial charge on any atom is 0.412 e. The largest absolute Gasteiger partial charge is 0.412 e. The molecule has 0 aliphatic rings. The Balaban J connectivity index is 2.11. The summed E-state index contributed by atoms with van der Waals surface area (Å²) in [5.41, 5.74) is 0.654. The number of carbonyl (C=O) groups is 1. The van der Waals surface area contributed by atoms with Crippen molar-refractivity contribution in [2.24, 2.45) is 0 Å². The Morgan fingerprint density at radius 2 is 1.95 bits per heavy atom. The van der Waals surface area contributed by atoms with Gasteiger partial charge in [-0.2, -0.15) is 13.2 Å². The van der Waals surface area contributed by atoms with Gasteiger partial charge in [-0.15, -0.1) is 11.3 Å². The summed E-state index contributed by atoms with van der Waals surface area (Å²) >= 11 is 1.14. The average molecular weight is 315 g/mol.